The Morgan fingerprint density at radius 3 is 2.55 bits per heavy atom. The van der Waals surface area contributed by atoms with Crippen molar-refractivity contribution in [2.24, 2.45) is 0 Å². The first kappa shape index (κ1) is 16.8. The van der Waals surface area contributed by atoms with E-state index in [1.54, 1.807) is 25.7 Å². The van der Waals surface area contributed by atoms with Crippen LogP contribution in [0.15, 0.2) is 0 Å². The molecule has 1 rings (SSSR count). The zero-order chi connectivity index (χ0) is 15.2. The number of hydrogen-bond donors (Lipinski definition) is 1. The molecule has 1 atom stereocenters. The number of ether oxygens (including phenoxy) is 2. The van der Waals surface area contributed by atoms with E-state index in [0.717, 1.165) is 25.9 Å². The maximum Gasteiger partial charge on any atom is 0.411 e. The molecule has 0 aromatic carbocycles. The molecule has 0 aromatic rings. The summed E-state index contributed by atoms with van der Waals surface area (Å²) in [5.41, 5.74) is -1.26. The van der Waals surface area contributed by atoms with Gasteiger partial charge < -0.3 is 19.7 Å². The number of nitrogens with one attached hydrogen (secondary N) is 1. The van der Waals surface area contributed by atoms with E-state index in [-0.39, 0.29) is 12.6 Å². The standard InChI is InChI=1S/C14H26N2O4/c1-5-16(11-8-7-9-15-10-11)13(18)20-14(3,4)12(17)19-6-2/h11,15H,5-10H2,1-4H3. The van der Waals surface area contributed by atoms with Gasteiger partial charge in [0.05, 0.1) is 6.61 Å². The van der Waals surface area contributed by atoms with Crippen LogP contribution >= 0.6 is 0 Å². The van der Waals surface area contributed by atoms with Gasteiger partial charge in [-0.3, -0.25) is 0 Å². The normalized spacial score (nSPS) is 19.3. The van der Waals surface area contributed by atoms with E-state index in [0.29, 0.717) is 6.54 Å². The van der Waals surface area contributed by atoms with Crippen LogP contribution in [0, 0.1) is 0 Å². The summed E-state index contributed by atoms with van der Waals surface area (Å²) >= 11 is 0. The first-order valence-corrected chi connectivity index (χ1v) is 7.30. The third-order valence-corrected chi connectivity index (χ3v) is 3.40. The van der Waals surface area contributed by atoms with Crippen molar-refractivity contribution < 1.29 is 19.1 Å². The predicted octanol–water partition coefficient (Wildman–Crippen LogP) is 1.54. The number of amides is 1. The lowest BCUT2D eigenvalue weighted by Crippen LogP contribution is -2.51. The van der Waals surface area contributed by atoms with Gasteiger partial charge in [-0.2, -0.15) is 0 Å². The minimum Gasteiger partial charge on any atom is -0.463 e. The van der Waals surface area contributed by atoms with E-state index in [9.17, 15) is 9.59 Å². The summed E-state index contributed by atoms with van der Waals surface area (Å²) in [6, 6.07) is 0.124. The van der Waals surface area contributed by atoms with E-state index >= 15 is 0 Å². The molecule has 1 heterocycles. The number of piperidine rings is 1. The molecule has 116 valence electrons. The number of rotatable bonds is 5. The zero-order valence-electron chi connectivity index (χ0n) is 12.9. The van der Waals surface area contributed by atoms with Gasteiger partial charge in [0.1, 0.15) is 0 Å². The number of carbonyl (C=O) groups is 2. The Bertz CT molecular complexity index is 338. The maximum absolute atomic E-state index is 12.3. The van der Waals surface area contributed by atoms with E-state index in [1.807, 2.05) is 6.92 Å². The van der Waals surface area contributed by atoms with Crippen LogP contribution in [-0.2, 0) is 14.3 Å². The second-order valence-corrected chi connectivity index (χ2v) is 5.38. The molecule has 1 aliphatic rings. The van der Waals surface area contributed by atoms with Crippen LogP contribution in [0.25, 0.3) is 0 Å². The van der Waals surface area contributed by atoms with Crippen LogP contribution in [0.2, 0.25) is 0 Å². The molecule has 1 aliphatic heterocycles. The molecule has 0 aliphatic carbocycles. The highest BCUT2D eigenvalue weighted by atomic mass is 16.6. The molecule has 0 saturated carbocycles. The first-order chi connectivity index (χ1) is 9.42. The molecule has 6 nitrogen and oxygen atoms in total. The molecule has 0 aromatic heterocycles. The molecule has 0 spiro atoms. The molecule has 0 bridgehead atoms. The molecule has 1 fully saturated rings. The SMILES string of the molecule is CCOC(=O)C(C)(C)OC(=O)N(CC)C1CCCNC1. The van der Waals surface area contributed by atoms with E-state index in [2.05, 4.69) is 5.32 Å². The number of likely N-dealkylation sites (N-methyl/N-ethyl adjacent to an activating group) is 1. The summed E-state index contributed by atoms with van der Waals surface area (Å²) in [6.07, 6.45) is 1.53. The zero-order valence-corrected chi connectivity index (χ0v) is 12.9. The lowest BCUT2D eigenvalue weighted by Gasteiger charge is -2.35. The fraction of sp³-hybridized carbons (Fsp3) is 0.857. The summed E-state index contributed by atoms with van der Waals surface area (Å²) in [4.78, 5) is 25.7. The molecular weight excluding hydrogens is 260 g/mol. The van der Waals surface area contributed by atoms with E-state index in [1.165, 1.54) is 0 Å². The third-order valence-electron chi connectivity index (χ3n) is 3.40. The molecule has 0 radical (unpaired) electrons. The van der Waals surface area contributed by atoms with Crippen LogP contribution in [-0.4, -0.2) is 54.8 Å². The van der Waals surface area contributed by atoms with Crippen molar-refractivity contribution >= 4 is 12.1 Å². The number of esters is 1. The van der Waals surface area contributed by atoms with Gasteiger partial charge in [-0.25, -0.2) is 9.59 Å². The quantitative estimate of drug-likeness (QED) is 0.776. The van der Waals surface area contributed by atoms with Gasteiger partial charge in [0.15, 0.2) is 0 Å². The van der Waals surface area contributed by atoms with Crippen molar-refractivity contribution in [1.29, 1.82) is 0 Å². The first-order valence-electron chi connectivity index (χ1n) is 7.30. The Kier molecular flexibility index (Phi) is 6.26. The van der Waals surface area contributed by atoms with Crippen LogP contribution in [0.5, 0.6) is 0 Å². The highest BCUT2D eigenvalue weighted by Crippen LogP contribution is 2.17. The van der Waals surface area contributed by atoms with Gasteiger partial charge in [-0.15, -0.1) is 0 Å². The van der Waals surface area contributed by atoms with Crippen molar-refractivity contribution in [3.63, 3.8) is 0 Å². The van der Waals surface area contributed by atoms with Gasteiger partial charge in [-0.05, 0) is 47.1 Å². The Hall–Kier alpha value is -1.30. The summed E-state index contributed by atoms with van der Waals surface area (Å²) in [6.45, 7) is 9.31. The highest BCUT2D eigenvalue weighted by Gasteiger charge is 2.36. The minimum absolute atomic E-state index is 0.124. The predicted molar refractivity (Wildman–Crippen MR) is 75.5 cm³/mol. The minimum atomic E-state index is -1.26. The Morgan fingerprint density at radius 2 is 2.05 bits per heavy atom. The molecule has 1 amide bonds. The highest BCUT2D eigenvalue weighted by molar-refractivity contribution is 5.82. The third kappa shape index (κ3) is 4.37. The topological polar surface area (TPSA) is 67.9 Å². The average Bonchev–Trinajstić information content (AvgIpc) is 2.40. The molecule has 20 heavy (non-hydrogen) atoms. The second kappa shape index (κ2) is 7.47. The van der Waals surface area contributed by atoms with E-state index in [4.69, 9.17) is 9.47 Å². The van der Waals surface area contributed by atoms with Crippen LogP contribution in [0.4, 0.5) is 4.79 Å². The molecular formula is C14H26N2O4. The van der Waals surface area contributed by atoms with Gasteiger partial charge >= 0.3 is 12.1 Å². The maximum atomic E-state index is 12.3. The monoisotopic (exact) mass is 286 g/mol. The van der Waals surface area contributed by atoms with E-state index < -0.39 is 17.7 Å². The van der Waals surface area contributed by atoms with Crippen LogP contribution < -0.4 is 5.32 Å². The molecule has 6 heteroatoms. The lowest BCUT2D eigenvalue weighted by molar-refractivity contribution is -0.162. The molecule has 1 N–H and O–H groups in total. The average molecular weight is 286 g/mol. The van der Waals surface area contributed by atoms with Crippen molar-refractivity contribution in [2.45, 2.75) is 52.2 Å². The Balaban J connectivity index is 2.64. The Labute approximate surface area is 120 Å². The van der Waals surface area contributed by atoms with Gasteiger partial charge in [0, 0.05) is 19.1 Å². The van der Waals surface area contributed by atoms with Crippen molar-refractivity contribution in [1.82, 2.24) is 10.2 Å². The summed E-state index contributed by atoms with van der Waals surface area (Å²) in [7, 11) is 0. The fourth-order valence-corrected chi connectivity index (χ4v) is 2.26. The van der Waals surface area contributed by atoms with Gasteiger partial charge in [0.2, 0.25) is 5.60 Å². The van der Waals surface area contributed by atoms with Gasteiger partial charge in [0.25, 0.3) is 0 Å². The number of carbonyl (C=O) groups excluding carboxylic acids is 2. The van der Waals surface area contributed by atoms with Crippen molar-refractivity contribution in [3.8, 4) is 0 Å². The molecule has 1 saturated heterocycles. The van der Waals surface area contributed by atoms with Crippen molar-refractivity contribution in [2.75, 3.05) is 26.2 Å². The van der Waals surface area contributed by atoms with Crippen LogP contribution in [0.3, 0.4) is 0 Å². The second-order valence-electron chi connectivity index (χ2n) is 5.38. The summed E-state index contributed by atoms with van der Waals surface area (Å²) < 4.78 is 10.3. The van der Waals surface area contributed by atoms with Crippen molar-refractivity contribution in [3.05, 3.63) is 0 Å². The smallest absolute Gasteiger partial charge is 0.411 e. The lowest BCUT2D eigenvalue weighted by atomic mass is 10.1. The number of nitrogens with zero attached hydrogens (tertiary/aromatic N) is 1. The summed E-state index contributed by atoms with van der Waals surface area (Å²) in [5.74, 6) is -0.522. The molecule has 1 unspecified atom stereocenters. The van der Waals surface area contributed by atoms with Crippen LogP contribution in [0.1, 0.15) is 40.5 Å². The fourth-order valence-electron chi connectivity index (χ4n) is 2.26. The van der Waals surface area contributed by atoms with Gasteiger partial charge in [-0.1, -0.05) is 0 Å². The number of hydrogen-bond acceptors (Lipinski definition) is 5. The largest absolute Gasteiger partial charge is 0.463 e. The summed E-state index contributed by atoms with van der Waals surface area (Å²) in [5, 5.41) is 3.27. The Morgan fingerprint density at radius 1 is 1.35 bits per heavy atom.